The van der Waals surface area contributed by atoms with Crippen molar-refractivity contribution in [3.05, 3.63) is 24.3 Å². The van der Waals surface area contributed by atoms with Crippen LogP contribution in [0, 0.1) is 0 Å². The van der Waals surface area contributed by atoms with Crippen LogP contribution in [0.2, 0.25) is 0 Å². The minimum atomic E-state index is -4.26. The van der Waals surface area contributed by atoms with E-state index in [1.165, 1.54) is 7.11 Å². The van der Waals surface area contributed by atoms with E-state index in [1.54, 1.807) is 24.3 Å². The minimum absolute atomic E-state index is 0. The van der Waals surface area contributed by atoms with Gasteiger partial charge in [-0.2, -0.15) is 0 Å². The third-order valence-corrected chi connectivity index (χ3v) is 2.04. The first-order valence-corrected chi connectivity index (χ1v) is 5.41. The molecule has 0 spiro atoms. The maximum atomic E-state index is 10.3. The van der Waals surface area contributed by atoms with Crippen molar-refractivity contribution in [2.45, 2.75) is 0 Å². The largest absolute Gasteiger partial charge is 1.00 e. The average molecular weight is 275 g/mol. The first kappa shape index (κ1) is 21.9. The molecule has 0 bridgehead atoms. The molecule has 0 heterocycles. The molecule has 0 saturated carbocycles. The van der Waals surface area contributed by atoms with Crippen molar-refractivity contribution in [1.82, 2.24) is 0 Å². The third-order valence-electron chi connectivity index (χ3n) is 1.55. The second kappa shape index (κ2) is 9.66. The van der Waals surface area contributed by atoms with E-state index in [0.29, 0.717) is 11.4 Å². The third kappa shape index (κ3) is 8.38. The van der Waals surface area contributed by atoms with Crippen molar-refractivity contribution < 1.29 is 58.2 Å². The van der Waals surface area contributed by atoms with E-state index in [9.17, 15) is 13.0 Å². The zero-order valence-electron chi connectivity index (χ0n) is 9.56. The number of anilines is 1. The number of hydrogen-bond acceptors (Lipinski definition) is 5. The number of benzene rings is 1. The Kier molecular flexibility index (Phi) is 12.4. The summed E-state index contributed by atoms with van der Waals surface area (Å²) in [5, 5.41) is 2.48. The number of rotatable bonds is 4. The van der Waals surface area contributed by atoms with Crippen LogP contribution >= 0.6 is 0 Å². The first-order valence-electron chi connectivity index (χ1n) is 3.83. The predicted octanol–water partition coefficient (Wildman–Crippen LogP) is -4.04. The number of hydrogen-bond donors (Lipinski definition) is 1. The Morgan fingerprint density at radius 2 is 1.82 bits per heavy atom. The Bertz CT molecular complexity index is 410. The molecule has 1 aromatic carbocycles. The van der Waals surface area contributed by atoms with E-state index in [-0.39, 0.29) is 40.5 Å². The second-order valence-electron chi connectivity index (χ2n) is 2.58. The number of ether oxygens (including phenoxy) is 1. The Hall–Kier alpha value is -0.350. The van der Waals surface area contributed by atoms with Gasteiger partial charge in [0.05, 0.1) is 12.8 Å². The van der Waals surface area contributed by atoms with Gasteiger partial charge in [0.1, 0.15) is 21.7 Å². The van der Waals surface area contributed by atoms with Crippen molar-refractivity contribution in [2.24, 2.45) is 0 Å². The van der Waals surface area contributed by atoms with E-state index in [0.717, 1.165) is 0 Å². The molecule has 0 unspecified atom stereocenters. The SMILES string of the molecule is COc1ccccc1NCS(=O)(=O)[O-].O.O.[Na+]. The van der Waals surface area contributed by atoms with E-state index in [2.05, 4.69) is 5.32 Å². The van der Waals surface area contributed by atoms with Gasteiger partial charge >= 0.3 is 29.6 Å². The van der Waals surface area contributed by atoms with E-state index in [4.69, 9.17) is 4.74 Å². The smallest absolute Gasteiger partial charge is 0.747 e. The fraction of sp³-hybridized carbons (Fsp3) is 0.250. The van der Waals surface area contributed by atoms with E-state index in [1.807, 2.05) is 0 Å². The fourth-order valence-corrected chi connectivity index (χ4v) is 1.29. The van der Waals surface area contributed by atoms with Crippen LogP contribution < -0.4 is 39.6 Å². The van der Waals surface area contributed by atoms with Crippen molar-refractivity contribution in [1.29, 1.82) is 0 Å². The molecular formula is C8H14NNaO6S. The zero-order valence-corrected chi connectivity index (χ0v) is 12.4. The maximum absolute atomic E-state index is 10.3. The Balaban J connectivity index is -0.000000653. The summed E-state index contributed by atoms with van der Waals surface area (Å²) in [5.41, 5.74) is 0.481. The molecule has 17 heavy (non-hydrogen) atoms. The van der Waals surface area contributed by atoms with Crippen molar-refractivity contribution in [3.8, 4) is 5.75 Å². The maximum Gasteiger partial charge on any atom is 1.00 e. The molecule has 1 rings (SSSR count). The Morgan fingerprint density at radius 3 is 2.29 bits per heavy atom. The fourth-order valence-electron chi connectivity index (χ4n) is 0.957. The quantitative estimate of drug-likeness (QED) is 0.440. The summed E-state index contributed by atoms with van der Waals surface area (Å²) in [7, 11) is -2.80. The molecule has 0 aliphatic rings. The van der Waals surface area contributed by atoms with Crippen LogP contribution in [-0.4, -0.2) is 36.9 Å². The van der Waals surface area contributed by atoms with Gasteiger partial charge in [-0.25, -0.2) is 8.42 Å². The van der Waals surface area contributed by atoms with Gasteiger partial charge in [-0.05, 0) is 12.1 Å². The van der Waals surface area contributed by atoms with Gasteiger partial charge in [0.2, 0.25) is 0 Å². The van der Waals surface area contributed by atoms with E-state index >= 15 is 0 Å². The molecule has 0 aromatic heterocycles. The topological polar surface area (TPSA) is 141 Å². The predicted molar refractivity (Wildman–Crippen MR) is 58.4 cm³/mol. The molecular weight excluding hydrogens is 261 g/mol. The van der Waals surface area contributed by atoms with Crippen LogP contribution in [0.1, 0.15) is 0 Å². The van der Waals surface area contributed by atoms with Crippen LogP contribution in [0.3, 0.4) is 0 Å². The summed E-state index contributed by atoms with van der Waals surface area (Å²) in [6.45, 7) is 0. The van der Waals surface area contributed by atoms with Gasteiger partial charge in [0.15, 0.2) is 0 Å². The minimum Gasteiger partial charge on any atom is -0.747 e. The van der Waals surface area contributed by atoms with Crippen LogP contribution in [0.15, 0.2) is 24.3 Å². The monoisotopic (exact) mass is 275 g/mol. The molecule has 0 fully saturated rings. The normalized spacial score (nSPS) is 9.06. The van der Waals surface area contributed by atoms with Gasteiger partial charge in [-0.3, -0.25) is 0 Å². The molecule has 0 aliphatic carbocycles. The van der Waals surface area contributed by atoms with Crippen molar-refractivity contribution >= 4 is 15.8 Å². The van der Waals surface area contributed by atoms with Gasteiger partial charge < -0.3 is 25.6 Å². The molecule has 0 radical (unpaired) electrons. The zero-order chi connectivity index (χ0) is 10.6. The van der Waals surface area contributed by atoms with Gasteiger partial charge in [-0.15, -0.1) is 0 Å². The molecule has 7 nitrogen and oxygen atoms in total. The summed E-state index contributed by atoms with van der Waals surface area (Å²) in [6.07, 6.45) is 0. The molecule has 0 atom stereocenters. The average Bonchev–Trinajstić information content (AvgIpc) is 2.14. The Morgan fingerprint density at radius 1 is 1.29 bits per heavy atom. The van der Waals surface area contributed by atoms with E-state index < -0.39 is 16.0 Å². The van der Waals surface area contributed by atoms with Crippen LogP contribution in [-0.2, 0) is 10.1 Å². The molecule has 0 saturated heterocycles. The van der Waals surface area contributed by atoms with Crippen LogP contribution in [0.4, 0.5) is 5.69 Å². The van der Waals surface area contributed by atoms with Crippen molar-refractivity contribution in [3.63, 3.8) is 0 Å². The standard InChI is InChI=1S/C8H11NO4S.Na.2H2O/c1-13-8-5-3-2-4-7(8)9-6-14(10,11)12;;;/h2-5,9H,6H2,1H3,(H,10,11,12);;2*1H2/q;+1;;/p-1. The summed E-state index contributed by atoms with van der Waals surface area (Å²) in [6, 6.07) is 6.75. The molecule has 0 aliphatic heterocycles. The summed E-state index contributed by atoms with van der Waals surface area (Å²) < 4.78 is 36.0. The van der Waals surface area contributed by atoms with Gasteiger partial charge in [0.25, 0.3) is 0 Å². The molecule has 94 valence electrons. The molecule has 9 heteroatoms. The molecule has 1 aromatic rings. The number of nitrogens with one attached hydrogen (secondary N) is 1. The van der Waals surface area contributed by atoms with Crippen LogP contribution in [0.5, 0.6) is 5.75 Å². The van der Waals surface area contributed by atoms with Crippen molar-refractivity contribution in [2.75, 3.05) is 18.3 Å². The number of methoxy groups -OCH3 is 1. The van der Waals surface area contributed by atoms with Crippen LogP contribution in [0.25, 0.3) is 0 Å². The molecule has 5 N–H and O–H groups in total. The van der Waals surface area contributed by atoms with Gasteiger partial charge in [0, 0.05) is 0 Å². The molecule has 0 amide bonds. The number of para-hydroxylation sites is 2. The summed E-state index contributed by atoms with van der Waals surface area (Å²) in [5.74, 6) is -0.149. The summed E-state index contributed by atoms with van der Waals surface area (Å²) >= 11 is 0. The first-order chi connectivity index (χ1) is 6.53. The second-order valence-corrected chi connectivity index (χ2v) is 3.98. The van der Waals surface area contributed by atoms with Gasteiger partial charge in [-0.1, -0.05) is 12.1 Å². The Labute approximate surface area is 122 Å². The summed E-state index contributed by atoms with van der Waals surface area (Å²) in [4.78, 5) is 0.